The van der Waals surface area contributed by atoms with Crippen molar-refractivity contribution in [2.24, 2.45) is 11.7 Å². The van der Waals surface area contributed by atoms with Gasteiger partial charge in [-0.1, -0.05) is 41.0 Å². The summed E-state index contributed by atoms with van der Waals surface area (Å²) in [5, 5.41) is 1.71. The molecule has 0 bridgehead atoms. The molecule has 0 saturated carbocycles. The largest absolute Gasteiger partial charge is 0.330 e. The normalized spacial score (nSPS) is 16.7. The van der Waals surface area contributed by atoms with Crippen molar-refractivity contribution in [2.75, 3.05) is 19.6 Å². The lowest BCUT2D eigenvalue weighted by Crippen LogP contribution is -2.36. The number of carbonyl (C=O) groups excluding carboxylic acids is 1. The zero-order valence-electron chi connectivity index (χ0n) is 17.5. The van der Waals surface area contributed by atoms with E-state index in [9.17, 15) is 4.79 Å². The van der Waals surface area contributed by atoms with Crippen LogP contribution in [0.2, 0.25) is 10.0 Å². The number of rotatable bonds is 9. The molecule has 1 aliphatic heterocycles. The molecule has 8 heteroatoms. The number of hydrogen-bond acceptors (Lipinski definition) is 6. The van der Waals surface area contributed by atoms with Crippen LogP contribution in [0.5, 0.6) is 0 Å². The molecule has 30 heavy (non-hydrogen) atoms. The van der Waals surface area contributed by atoms with Crippen molar-refractivity contribution in [3.05, 3.63) is 44.4 Å². The van der Waals surface area contributed by atoms with Gasteiger partial charge in [-0.2, -0.15) is 0 Å². The summed E-state index contributed by atoms with van der Waals surface area (Å²) in [4.78, 5) is 19.7. The van der Waals surface area contributed by atoms with Gasteiger partial charge >= 0.3 is 0 Å². The van der Waals surface area contributed by atoms with Gasteiger partial charge in [0.15, 0.2) is 10.1 Å². The number of piperidine rings is 1. The SMILES string of the molecule is CC(=O)c1sc(SC(CCCN)C2CCN(Cc3ccc(Cl)c(Cl)c3)CC2)nc1C. The standard InChI is InChI=1S/C22H29Cl2N3OS2/c1-14-21(15(2)28)30-22(26-14)29-20(4-3-9-25)17-7-10-27(11-8-17)13-16-5-6-18(23)19(24)12-16/h5-6,12,17,20H,3-4,7-11,13,25H2,1-2H3. The van der Waals surface area contributed by atoms with Crippen molar-refractivity contribution in [3.63, 3.8) is 0 Å². The fourth-order valence-corrected chi connectivity index (χ4v) is 6.99. The van der Waals surface area contributed by atoms with E-state index in [4.69, 9.17) is 28.9 Å². The Balaban J connectivity index is 1.60. The number of Topliss-reactive ketones (excluding diaryl/α,β-unsaturated/α-hetero) is 1. The van der Waals surface area contributed by atoms with Crippen LogP contribution in [-0.4, -0.2) is 40.6 Å². The number of carbonyl (C=O) groups is 1. The summed E-state index contributed by atoms with van der Waals surface area (Å²) in [5.74, 6) is 0.738. The number of halogens is 2. The topological polar surface area (TPSA) is 59.2 Å². The van der Waals surface area contributed by atoms with Gasteiger partial charge in [0.05, 0.1) is 20.6 Å². The first kappa shape index (κ1) is 24.0. The summed E-state index contributed by atoms with van der Waals surface area (Å²) in [7, 11) is 0. The summed E-state index contributed by atoms with van der Waals surface area (Å²) in [5.41, 5.74) is 7.85. The van der Waals surface area contributed by atoms with Gasteiger partial charge < -0.3 is 5.73 Å². The maximum Gasteiger partial charge on any atom is 0.171 e. The Morgan fingerprint density at radius 3 is 2.67 bits per heavy atom. The van der Waals surface area contributed by atoms with E-state index in [0.717, 1.165) is 60.2 Å². The fourth-order valence-electron chi connectivity index (χ4n) is 3.97. The molecule has 1 unspecified atom stereocenters. The van der Waals surface area contributed by atoms with Crippen molar-refractivity contribution >= 4 is 52.1 Å². The molecule has 3 rings (SSSR count). The quantitative estimate of drug-likeness (QED) is 0.344. The fraction of sp³-hybridized carbons (Fsp3) is 0.545. The molecule has 4 nitrogen and oxygen atoms in total. The van der Waals surface area contributed by atoms with E-state index in [1.165, 1.54) is 16.9 Å². The molecule has 1 aliphatic rings. The summed E-state index contributed by atoms with van der Waals surface area (Å²) in [6, 6.07) is 5.89. The first-order chi connectivity index (χ1) is 14.4. The molecule has 0 aliphatic carbocycles. The molecule has 2 N–H and O–H groups in total. The lowest BCUT2D eigenvalue weighted by molar-refractivity contribution is 0.102. The van der Waals surface area contributed by atoms with Crippen molar-refractivity contribution < 1.29 is 4.79 Å². The molecule has 1 aromatic heterocycles. The highest BCUT2D eigenvalue weighted by atomic mass is 35.5. The Hall–Kier alpha value is -0.630. The van der Waals surface area contributed by atoms with Crippen molar-refractivity contribution in [3.8, 4) is 0 Å². The molecule has 0 amide bonds. The smallest absolute Gasteiger partial charge is 0.171 e. The number of thioether (sulfide) groups is 1. The third-order valence-corrected chi connectivity index (χ3v) is 9.14. The minimum atomic E-state index is 0.103. The second-order valence-corrected chi connectivity index (χ2v) is 11.2. The van der Waals surface area contributed by atoms with Crippen LogP contribution in [0.4, 0.5) is 0 Å². The summed E-state index contributed by atoms with van der Waals surface area (Å²) in [6.07, 6.45) is 4.43. The van der Waals surface area contributed by atoms with Crippen LogP contribution in [0, 0.1) is 12.8 Å². The highest BCUT2D eigenvalue weighted by Gasteiger charge is 2.28. The summed E-state index contributed by atoms with van der Waals surface area (Å²) in [6.45, 7) is 7.29. The van der Waals surface area contributed by atoms with Gasteiger partial charge in [0.25, 0.3) is 0 Å². The maximum absolute atomic E-state index is 11.8. The maximum atomic E-state index is 11.8. The van der Waals surface area contributed by atoms with E-state index in [2.05, 4.69) is 16.0 Å². The van der Waals surface area contributed by atoms with Gasteiger partial charge in [-0.15, -0.1) is 11.3 Å². The minimum absolute atomic E-state index is 0.103. The van der Waals surface area contributed by atoms with Crippen LogP contribution < -0.4 is 5.73 Å². The molecule has 2 aromatic rings. The number of benzene rings is 1. The number of aromatic nitrogens is 1. The zero-order chi connectivity index (χ0) is 21.7. The Morgan fingerprint density at radius 1 is 1.33 bits per heavy atom. The van der Waals surface area contributed by atoms with E-state index in [1.807, 2.05) is 30.8 Å². The first-order valence-electron chi connectivity index (χ1n) is 10.4. The minimum Gasteiger partial charge on any atom is -0.330 e. The van der Waals surface area contributed by atoms with Crippen LogP contribution in [-0.2, 0) is 6.54 Å². The molecular formula is C22H29Cl2N3OS2. The van der Waals surface area contributed by atoms with Crippen LogP contribution >= 0.6 is 46.3 Å². The lowest BCUT2D eigenvalue weighted by Gasteiger charge is -2.35. The van der Waals surface area contributed by atoms with Crippen molar-refractivity contribution in [2.45, 2.75) is 55.7 Å². The van der Waals surface area contributed by atoms with Crippen LogP contribution in [0.15, 0.2) is 22.5 Å². The Morgan fingerprint density at radius 2 is 2.07 bits per heavy atom. The third kappa shape index (κ3) is 6.44. The molecule has 0 radical (unpaired) electrons. The van der Waals surface area contributed by atoms with Gasteiger partial charge in [-0.05, 0) is 75.9 Å². The van der Waals surface area contributed by atoms with Crippen LogP contribution in [0.1, 0.15) is 53.5 Å². The lowest BCUT2D eigenvalue weighted by atomic mass is 9.90. The summed E-state index contributed by atoms with van der Waals surface area (Å²) < 4.78 is 1.01. The monoisotopic (exact) mass is 485 g/mol. The Bertz CT molecular complexity index is 866. The van der Waals surface area contributed by atoms with Crippen molar-refractivity contribution in [1.82, 2.24) is 9.88 Å². The zero-order valence-corrected chi connectivity index (χ0v) is 20.6. The van der Waals surface area contributed by atoms with E-state index in [1.54, 1.807) is 6.92 Å². The Labute approximate surface area is 197 Å². The van der Waals surface area contributed by atoms with E-state index in [0.29, 0.717) is 27.8 Å². The highest BCUT2D eigenvalue weighted by molar-refractivity contribution is 8.01. The highest BCUT2D eigenvalue weighted by Crippen LogP contribution is 2.39. The van der Waals surface area contributed by atoms with E-state index in [-0.39, 0.29) is 5.78 Å². The number of likely N-dealkylation sites (tertiary alicyclic amines) is 1. The molecule has 1 aromatic carbocycles. The van der Waals surface area contributed by atoms with Gasteiger partial charge in [0, 0.05) is 18.7 Å². The number of nitrogens with two attached hydrogens (primary N) is 1. The number of nitrogens with zero attached hydrogens (tertiary/aromatic N) is 2. The van der Waals surface area contributed by atoms with E-state index < -0.39 is 0 Å². The predicted octanol–water partition coefficient (Wildman–Crippen LogP) is 6.07. The summed E-state index contributed by atoms with van der Waals surface area (Å²) >= 11 is 15.6. The van der Waals surface area contributed by atoms with Crippen LogP contribution in [0.3, 0.4) is 0 Å². The Kier molecular flexibility index (Phi) is 9.05. The molecule has 0 spiro atoms. The number of ketones is 1. The molecule has 1 fully saturated rings. The number of hydrogen-bond donors (Lipinski definition) is 1. The molecule has 2 heterocycles. The molecule has 1 atom stereocenters. The second-order valence-electron chi connectivity index (χ2n) is 7.90. The van der Waals surface area contributed by atoms with Gasteiger partial charge in [-0.25, -0.2) is 4.98 Å². The van der Waals surface area contributed by atoms with E-state index >= 15 is 0 Å². The van der Waals surface area contributed by atoms with Crippen molar-refractivity contribution in [1.29, 1.82) is 0 Å². The number of thiazole rings is 1. The average Bonchev–Trinajstić information content (AvgIpc) is 3.09. The molecule has 164 valence electrons. The second kappa shape index (κ2) is 11.3. The number of aryl methyl sites for hydroxylation is 1. The average molecular weight is 487 g/mol. The molecule has 1 saturated heterocycles. The first-order valence-corrected chi connectivity index (χ1v) is 12.8. The van der Waals surface area contributed by atoms with Crippen LogP contribution in [0.25, 0.3) is 0 Å². The molecular weight excluding hydrogens is 457 g/mol. The predicted molar refractivity (Wildman–Crippen MR) is 129 cm³/mol. The van der Waals surface area contributed by atoms with Gasteiger partial charge in [-0.3, -0.25) is 9.69 Å². The third-order valence-electron chi connectivity index (χ3n) is 5.59. The van der Waals surface area contributed by atoms with Gasteiger partial charge in [0.1, 0.15) is 0 Å². The van der Waals surface area contributed by atoms with Gasteiger partial charge in [0.2, 0.25) is 0 Å².